The van der Waals surface area contributed by atoms with Crippen LogP contribution in [-0.2, 0) is 13.2 Å². The Morgan fingerprint density at radius 2 is 1.79 bits per heavy atom. The van der Waals surface area contributed by atoms with Crippen LogP contribution in [0.2, 0.25) is 0 Å². The molecule has 1 aliphatic heterocycles. The molecule has 0 amide bonds. The van der Waals surface area contributed by atoms with Gasteiger partial charge in [-0.3, -0.25) is 0 Å². The first-order valence-corrected chi connectivity index (χ1v) is 10.1. The normalized spacial score (nSPS) is 12.0. The topological polar surface area (TPSA) is 49.0 Å². The minimum atomic E-state index is 0.261. The number of nitrogens with one attached hydrogen (secondary N) is 1. The van der Waals surface area contributed by atoms with Crippen molar-refractivity contribution in [3.05, 3.63) is 75.8 Å². The standard InChI is InChI=1S/C23H22BrNO4/c1-15-3-5-16(6-4-15)13-27-23-18(19(24)8-10-21(23)26-2)12-25-17-7-9-20-22(11-17)29-14-28-20/h3-11,25H,12-14H2,1-2H3. The SMILES string of the molecule is COc1ccc(Br)c(CNc2ccc3c(c2)OCO3)c1OCc1ccc(C)cc1. The first-order chi connectivity index (χ1) is 14.1. The fourth-order valence-corrected chi connectivity index (χ4v) is 3.56. The van der Waals surface area contributed by atoms with Crippen molar-refractivity contribution >= 4 is 21.6 Å². The highest BCUT2D eigenvalue weighted by atomic mass is 79.9. The summed E-state index contributed by atoms with van der Waals surface area (Å²) in [5.41, 5.74) is 4.25. The van der Waals surface area contributed by atoms with Gasteiger partial charge in [-0.1, -0.05) is 45.8 Å². The van der Waals surface area contributed by atoms with Gasteiger partial charge < -0.3 is 24.3 Å². The third-order valence-electron chi connectivity index (χ3n) is 4.73. The van der Waals surface area contributed by atoms with Gasteiger partial charge in [0.05, 0.1) is 7.11 Å². The summed E-state index contributed by atoms with van der Waals surface area (Å²) in [6, 6.07) is 18.0. The van der Waals surface area contributed by atoms with Crippen LogP contribution in [0.4, 0.5) is 5.69 Å². The Labute approximate surface area is 178 Å². The number of hydrogen-bond acceptors (Lipinski definition) is 5. The highest BCUT2D eigenvalue weighted by Gasteiger charge is 2.17. The van der Waals surface area contributed by atoms with Crippen LogP contribution in [0, 0.1) is 6.92 Å². The van der Waals surface area contributed by atoms with E-state index in [1.54, 1.807) is 7.11 Å². The Bertz CT molecular complexity index is 1000. The summed E-state index contributed by atoms with van der Waals surface area (Å²) in [4.78, 5) is 0. The quantitative estimate of drug-likeness (QED) is 0.496. The van der Waals surface area contributed by atoms with Gasteiger partial charge in [0.2, 0.25) is 6.79 Å². The van der Waals surface area contributed by atoms with Crippen molar-refractivity contribution < 1.29 is 18.9 Å². The van der Waals surface area contributed by atoms with Crippen molar-refractivity contribution in [1.29, 1.82) is 0 Å². The lowest BCUT2D eigenvalue weighted by Gasteiger charge is -2.18. The van der Waals surface area contributed by atoms with E-state index in [1.165, 1.54) is 5.56 Å². The number of halogens is 1. The summed E-state index contributed by atoms with van der Waals surface area (Å²) in [5, 5.41) is 3.43. The molecule has 150 valence electrons. The van der Waals surface area contributed by atoms with Gasteiger partial charge >= 0.3 is 0 Å². The molecule has 0 aliphatic carbocycles. The van der Waals surface area contributed by atoms with Gasteiger partial charge in [0.1, 0.15) is 6.61 Å². The van der Waals surface area contributed by atoms with Crippen LogP contribution in [0.3, 0.4) is 0 Å². The van der Waals surface area contributed by atoms with Gasteiger partial charge in [-0.2, -0.15) is 0 Å². The monoisotopic (exact) mass is 455 g/mol. The molecule has 1 N–H and O–H groups in total. The van der Waals surface area contributed by atoms with Gasteiger partial charge in [0.15, 0.2) is 23.0 Å². The van der Waals surface area contributed by atoms with Crippen molar-refractivity contribution in [2.24, 2.45) is 0 Å². The van der Waals surface area contributed by atoms with E-state index in [2.05, 4.69) is 52.4 Å². The fourth-order valence-electron chi connectivity index (χ4n) is 3.10. The smallest absolute Gasteiger partial charge is 0.231 e. The molecule has 29 heavy (non-hydrogen) atoms. The highest BCUT2D eigenvalue weighted by molar-refractivity contribution is 9.10. The average molecular weight is 456 g/mol. The molecule has 0 spiro atoms. The second-order valence-electron chi connectivity index (χ2n) is 6.75. The lowest BCUT2D eigenvalue weighted by molar-refractivity contribution is 0.174. The van der Waals surface area contributed by atoms with Crippen LogP contribution in [0.25, 0.3) is 0 Å². The summed E-state index contributed by atoms with van der Waals surface area (Å²) in [6.07, 6.45) is 0. The molecular weight excluding hydrogens is 434 g/mol. The summed E-state index contributed by atoms with van der Waals surface area (Å²) >= 11 is 3.65. The maximum Gasteiger partial charge on any atom is 0.231 e. The van der Waals surface area contributed by atoms with Crippen molar-refractivity contribution in [2.75, 3.05) is 19.2 Å². The van der Waals surface area contributed by atoms with E-state index in [-0.39, 0.29) is 6.79 Å². The van der Waals surface area contributed by atoms with Crippen LogP contribution < -0.4 is 24.3 Å². The minimum Gasteiger partial charge on any atom is -0.493 e. The number of rotatable bonds is 7. The molecular formula is C23H22BrNO4. The Morgan fingerprint density at radius 3 is 2.59 bits per heavy atom. The molecule has 0 atom stereocenters. The Morgan fingerprint density at radius 1 is 1.00 bits per heavy atom. The first-order valence-electron chi connectivity index (χ1n) is 9.31. The van der Waals surface area contributed by atoms with E-state index in [0.29, 0.717) is 18.9 Å². The highest BCUT2D eigenvalue weighted by Crippen LogP contribution is 2.38. The number of benzene rings is 3. The number of fused-ring (bicyclic) bond motifs is 1. The zero-order valence-corrected chi connectivity index (χ0v) is 17.9. The summed E-state index contributed by atoms with van der Waals surface area (Å²) in [6.45, 7) is 3.35. The summed E-state index contributed by atoms with van der Waals surface area (Å²) < 4.78 is 23.5. The lowest BCUT2D eigenvalue weighted by Crippen LogP contribution is -2.06. The molecule has 0 saturated heterocycles. The lowest BCUT2D eigenvalue weighted by atomic mass is 10.1. The number of ether oxygens (including phenoxy) is 4. The first kappa shape index (κ1) is 19.5. The van der Waals surface area contributed by atoms with Crippen molar-refractivity contribution in [1.82, 2.24) is 0 Å². The van der Waals surface area contributed by atoms with E-state index in [0.717, 1.165) is 38.5 Å². The fraction of sp³-hybridized carbons (Fsp3) is 0.217. The molecule has 3 aromatic rings. The van der Waals surface area contributed by atoms with Crippen LogP contribution in [0.1, 0.15) is 16.7 Å². The Balaban J connectivity index is 1.54. The van der Waals surface area contributed by atoms with E-state index in [9.17, 15) is 0 Å². The van der Waals surface area contributed by atoms with E-state index < -0.39 is 0 Å². The zero-order chi connectivity index (χ0) is 20.2. The second-order valence-corrected chi connectivity index (χ2v) is 7.61. The molecule has 4 rings (SSSR count). The number of methoxy groups -OCH3 is 1. The van der Waals surface area contributed by atoms with Crippen LogP contribution in [-0.4, -0.2) is 13.9 Å². The van der Waals surface area contributed by atoms with Gasteiger partial charge in [0, 0.05) is 28.3 Å². The molecule has 3 aromatic carbocycles. The predicted octanol–water partition coefficient (Wildman–Crippen LogP) is 5.69. The summed E-state index contributed by atoms with van der Waals surface area (Å²) in [5.74, 6) is 2.93. The summed E-state index contributed by atoms with van der Waals surface area (Å²) in [7, 11) is 1.65. The third kappa shape index (κ3) is 4.43. The number of aryl methyl sites for hydroxylation is 1. The van der Waals surface area contributed by atoms with Crippen LogP contribution in [0.5, 0.6) is 23.0 Å². The Hall–Kier alpha value is -2.86. The van der Waals surface area contributed by atoms with Gasteiger partial charge in [0.25, 0.3) is 0 Å². The molecule has 1 aliphatic rings. The molecule has 0 saturated carbocycles. The van der Waals surface area contributed by atoms with Crippen molar-refractivity contribution in [3.63, 3.8) is 0 Å². The van der Waals surface area contributed by atoms with E-state index >= 15 is 0 Å². The maximum atomic E-state index is 6.19. The second kappa shape index (κ2) is 8.66. The molecule has 1 heterocycles. The molecule has 0 unspecified atom stereocenters. The zero-order valence-electron chi connectivity index (χ0n) is 16.3. The van der Waals surface area contributed by atoms with Crippen molar-refractivity contribution in [2.45, 2.75) is 20.1 Å². The van der Waals surface area contributed by atoms with Crippen LogP contribution in [0.15, 0.2) is 59.1 Å². The average Bonchev–Trinajstić information content (AvgIpc) is 3.20. The molecule has 5 nitrogen and oxygen atoms in total. The third-order valence-corrected chi connectivity index (χ3v) is 5.48. The maximum absolute atomic E-state index is 6.19. The van der Waals surface area contributed by atoms with Gasteiger partial charge in [-0.15, -0.1) is 0 Å². The molecule has 0 radical (unpaired) electrons. The van der Waals surface area contributed by atoms with Crippen LogP contribution >= 0.6 is 15.9 Å². The molecule has 6 heteroatoms. The predicted molar refractivity (Wildman–Crippen MR) is 116 cm³/mol. The Kier molecular flexibility index (Phi) is 5.81. The van der Waals surface area contributed by atoms with Gasteiger partial charge in [-0.25, -0.2) is 0 Å². The van der Waals surface area contributed by atoms with Gasteiger partial charge in [-0.05, 0) is 36.8 Å². The van der Waals surface area contributed by atoms with E-state index in [1.807, 2.05) is 30.3 Å². The number of anilines is 1. The molecule has 0 bridgehead atoms. The minimum absolute atomic E-state index is 0.261. The van der Waals surface area contributed by atoms with E-state index in [4.69, 9.17) is 18.9 Å². The van der Waals surface area contributed by atoms with Crippen molar-refractivity contribution in [3.8, 4) is 23.0 Å². The number of hydrogen-bond donors (Lipinski definition) is 1. The molecule has 0 aromatic heterocycles. The molecule has 0 fully saturated rings. The largest absolute Gasteiger partial charge is 0.493 e.